The molecule has 29 heavy (non-hydrogen) atoms. The van der Waals surface area contributed by atoms with Crippen LogP contribution in [0.4, 0.5) is 5.13 Å². The van der Waals surface area contributed by atoms with Crippen molar-refractivity contribution in [2.75, 3.05) is 11.9 Å². The van der Waals surface area contributed by atoms with Gasteiger partial charge in [-0.3, -0.25) is 15.1 Å². The molecule has 0 spiro atoms. The van der Waals surface area contributed by atoms with Gasteiger partial charge in [0.1, 0.15) is 11.3 Å². The molecule has 156 valence electrons. The number of hydrogen-bond donors (Lipinski definition) is 3. The van der Waals surface area contributed by atoms with Crippen molar-refractivity contribution in [1.29, 1.82) is 5.41 Å². The number of nitrogens with zero attached hydrogens (tertiary/aromatic N) is 2. The Hall–Kier alpha value is -2.58. The second-order valence-electron chi connectivity index (χ2n) is 7.39. The smallest absolute Gasteiger partial charge is 0.273 e. The molecule has 7 nitrogen and oxygen atoms in total. The minimum absolute atomic E-state index is 0.0695. The Bertz CT molecular complexity index is 873. The summed E-state index contributed by atoms with van der Waals surface area (Å²) in [6.45, 7) is 10.4. The highest BCUT2D eigenvalue weighted by atomic mass is 32.1. The molecule has 0 unspecified atom stereocenters. The van der Waals surface area contributed by atoms with Crippen LogP contribution < -0.4 is 10.6 Å². The maximum Gasteiger partial charge on any atom is 0.273 e. The van der Waals surface area contributed by atoms with E-state index in [4.69, 9.17) is 10.1 Å². The number of hydrogen-bond acceptors (Lipinski definition) is 7. The number of carbonyl (C=O) groups is 1. The Morgan fingerprint density at radius 1 is 1.41 bits per heavy atom. The van der Waals surface area contributed by atoms with Crippen LogP contribution in [0.15, 0.2) is 35.6 Å². The molecule has 0 aromatic carbocycles. The van der Waals surface area contributed by atoms with E-state index in [0.717, 1.165) is 23.9 Å². The van der Waals surface area contributed by atoms with Crippen LogP contribution in [0.3, 0.4) is 0 Å². The van der Waals surface area contributed by atoms with Gasteiger partial charge in [-0.1, -0.05) is 0 Å². The summed E-state index contributed by atoms with van der Waals surface area (Å²) in [5, 5.41) is 15.6. The maximum atomic E-state index is 12.6. The SMILES string of the molecule is Cc1cnccc1CCN/C(=C\C=N)C(=O)Nc1nc(C(C)(C)OC(C)C)cs1. The number of allylic oxidation sites excluding steroid dienone is 1. The van der Waals surface area contributed by atoms with Crippen LogP contribution in [-0.4, -0.2) is 34.7 Å². The van der Waals surface area contributed by atoms with E-state index in [-0.39, 0.29) is 12.0 Å². The van der Waals surface area contributed by atoms with Gasteiger partial charge in [0.15, 0.2) is 5.13 Å². The Morgan fingerprint density at radius 3 is 2.83 bits per heavy atom. The number of aryl methyl sites for hydroxylation is 1. The number of pyridine rings is 1. The van der Waals surface area contributed by atoms with Crippen molar-refractivity contribution in [3.63, 3.8) is 0 Å². The van der Waals surface area contributed by atoms with Gasteiger partial charge in [0, 0.05) is 30.5 Å². The third-order valence-corrected chi connectivity index (χ3v) is 4.97. The van der Waals surface area contributed by atoms with Gasteiger partial charge in [-0.2, -0.15) is 0 Å². The number of nitrogens with one attached hydrogen (secondary N) is 3. The number of ether oxygens (including phenoxy) is 1. The fourth-order valence-electron chi connectivity index (χ4n) is 2.83. The highest BCUT2D eigenvalue weighted by Gasteiger charge is 2.26. The third kappa shape index (κ3) is 6.76. The Labute approximate surface area is 176 Å². The minimum Gasteiger partial charge on any atom is -0.380 e. The summed E-state index contributed by atoms with van der Waals surface area (Å²) >= 11 is 1.35. The van der Waals surface area contributed by atoms with Crippen LogP contribution in [0.25, 0.3) is 0 Å². The average molecular weight is 416 g/mol. The zero-order chi connectivity index (χ0) is 21.4. The molecule has 0 saturated carbocycles. The van der Waals surface area contributed by atoms with Crippen LogP contribution in [0.5, 0.6) is 0 Å². The lowest BCUT2D eigenvalue weighted by Gasteiger charge is -2.25. The Kier molecular flexibility index (Phi) is 8.04. The molecule has 0 aliphatic rings. The summed E-state index contributed by atoms with van der Waals surface area (Å²) in [4.78, 5) is 21.2. The average Bonchev–Trinajstić information content (AvgIpc) is 3.11. The second kappa shape index (κ2) is 10.3. The summed E-state index contributed by atoms with van der Waals surface area (Å²) in [6, 6.07) is 1.97. The first kappa shape index (κ1) is 22.7. The number of anilines is 1. The van der Waals surface area contributed by atoms with Gasteiger partial charge in [0.25, 0.3) is 5.91 Å². The number of thiazole rings is 1. The summed E-state index contributed by atoms with van der Waals surface area (Å²) < 4.78 is 5.91. The lowest BCUT2D eigenvalue weighted by Crippen LogP contribution is -2.28. The van der Waals surface area contributed by atoms with E-state index in [9.17, 15) is 4.79 Å². The highest BCUT2D eigenvalue weighted by molar-refractivity contribution is 7.14. The molecular weight excluding hydrogens is 386 g/mol. The van der Waals surface area contributed by atoms with Gasteiger partial charge in [0.05, 0.1) is 11.8 Å². The van der Waals surface area contributed by atoms with E-state index in [1.807, 2.05) is 52.3 Å². The second-order valence-corrected chi connectivity index (χ2v) is 8.25. The van der Waals surface area contributed by atoms with Crippen LogP contribution in [-0.2, 0) is 21.6 Å². The lowest BCUT2D eigenvalue weighted by molar-refractivity contribution is -0.113. The van der Waals surface area contributed by atoms with Crippen molar-refractivity contribution in [3.05, 3.63) is 52.4 Å². The van der Waals surface area contributed by atoms with Crippen molar-refractivity contribution in [1.82, 2.24) is 15.3 Å². The first-order valence-corrected chi connectivity index (χ1v) is 10.4. The monoisotopic (exact) mass is 415 g/mol. The Balaban J connectivity index is 1.98. The minimum atomic E-state index is -0.540. The molecule has 0 aliphatic carbocycles. The number of rotatable bonds is 10. The van der Waals surface area contributed by atoms with Gasteiger partial charge >= 0.3 is 0 Å². The quantitative estimate of drug-likeness (QED) is 0.405. The molecular formula is C21H29N5O2S. The standard InChI is InChI=1S/C21H29N5O2S/c1-14(2)28-21(4,5)18-13-29-20(25-18)26-19(27)17(6-9-22)24-11-8-16-7-10-23-12-15(16)3/h6-7,9-10,12-14,22,24H,8,11H2,1-5H3,(H,25,26,27)/b17-6-,22-9?. The molecule has 0 radical (unpaired) electrons. The molecule has 1 amide bonds. The van der Waals surface area contributed by atoms with Gasteiger partial charge < -0.3 is 15.5 Å². The van der Waals surface area contributed by atoms with Crippen molar-refractivity contribution >= 4 is 28.6 Å². The highest BCUT2D eigenvalue weighted by Crippen LogP contribution is 2.29. The molecule has 0 aliphatic heterocycles. The first-order chi connectivity index (χ1) is 13.7. The van der Waals surface area contributed by atoms with Gasteiger partial charge in [0.2, 0.25) is 0 Å². The fraction of sp³-hybridized carbons (Fsp3) is 0.429. The van der Waals surface area contributed by atoms with E-state index in [1.165, 1.54) is 23.0 Å². The number of carbonyl (C=O) groups excluding carboxylic acids is 1. The molecule has 2 aromatic heterocycles. The van der Waals surface area contributed by atoms with Crippen molar-refractivity contribution in [2.24, 2.45) is 0 Å². The first-order valence-electron chi connectivity index (χ1n) is 9.52. The zero-order valence-electron chi connectivity index (χ0n) is 17.6. The van der Waals surface area contributed by atoms with Gasteiger partial charge in [-0.15, -0.1) is 11.3 Å². The van der Waals surface area contributed by atoms with E-state index >= 15 is 0 Å². The number of aromatic nitrogens is 2. The third-order valence-electron chi connectivity index (χ3n) is 4.21. The van der Waals surface area contributed by atoms with Crippen LogP contribution >= 0.6 is 11.3 Å². The van der Waals surface area contributed by atoms with Crippen molar-refractivity contribution in [3.8, 4) is 0 Å². The molecule has 2 aromatic rings. The van der Waals surface area contributed by atoms with E-state index < -0.39 is 5.60 Å². The molecule has 0 fully saturated rings. The molecule has 0 bridgehead atoms. The van der Waals surface area contributed by atoms with E-state index in [0.29, 0.717) is 17.4 Å². The van der Waals surface area contributed by atoms with Crippen LogP contribution in [0.2, 0.25) is 0 Å². The largest absolute Gasteiger partial charge is 0.380 e. The molecule has 0 atom stereocenters. The van der Waals surface area contributed by atoms with Crippen LogP contribution in [0.1, 0.15) is 44.5 Å². The molecule has 8 heteroatoms. The normalized spacial score (nSPS) is 12.1. The van der Waals surface area contributed by atoms with Crippen LogP contribution in [0, 0.1) is 12.3 Å². The summed E-state index contributed by atoms with van der Waals surface area (Å²) in [6.07, 6.45) is 6.93. The van der Waals surface area contributed by atoms with Gasteiger partial charge in [-0.05, 0) is 64.3 Å². The van der Waals surface area contributed by atoms with E-state index in [2.05, 4.69) is 20.6 Å². The number of amides is 1. The summed E-state index contributed by atoms with van der Waals surface area (Å²) in [5.41, 5.74) is 2.82. The molecule has 2 heterocycles. The van der Waals surface area contributed by atoms with Crippen molar-refractivity contribution < 1.29 is 9.53 Å². The van der Waals surface area contributed by atoms with Gasteiger partial charge in [-0.25, -0.2) is 4.98 Å². The zero-order valence-corrected chi connectivity index (χ0v) is 18.4. The predicted molar refractivity (Wildman–Crippen MR) is 118 cm³/mol. The maximum absolute atomic E-state index is 12.6. The topological polar surface area (TPSA) is 100.0 Å². The summed E-state index contributed by atoms with van der Waals surface area (Å²) in [5.74, 6) is -0.330. The fourth-order valence-corrected chi connectivity index (χ4v) is 3.70. The van der Waals surface area contributed by atoms with Crippen molar-refractivity contribution in [2.45, 2.75) is 52.7 Å². The molecule has 3 N–H and O–H groups in total. The summed E-state index contributed by atoms with van der Waals surface area (Å²) in [7, 11) is 0. The lowest BCUT2D eigenvalue weighted by atomic mass is 10.1. The molecule has 2 rings (SSSR count). The van der Waals surface area contributed by atoms with E-state index in [1.54, 1.807) is 6.20 Å². The Morgan fingerprint density at radius 2 is 2.17 bits per heavy atom. The predicted octanol–water partition coefficient (Wildman–Crippen LogP) is 3.81. The molecule has 0 saturated heterocycles.